The van der Waals surface area contributed by atoms with Crippen molar-refractivity contribution in [2.75, 3.05) is 83.5 Å². The second-order valence-corrected chi connectivity index (χ2v) is 18.5. The molecule has 0 bridgehead atoms. The monoisotopic (exact) mass is 904 g/mol. The Labute approximate surface area is 380 Å². The maximum atomic E-state index is 13.3. The van der Waals surface area contributed by atoms with Crippen LogP contribution >= 0.6 is 0 Å². The molecule has 0 aromatic heterocycles. The first-order valence-electron chi connectivity index (χ1n) is 22.4. The van der Waals surface area contributed by atoms with Crippen molar-refractivity contribution in [3.63, 3.8) is 0 Å². The first-order valence-corrected chi connectivity index (χ1v) is 24.2. The van der Waals surface area contributed by atoms with Gasteiger partial charge in [0, 0.05) is 79.7 Å². The number of hydrogen-bond acceptors (Lipinski definition) is 12. The average molecular weight is 905 g/mol. The summed E-state index contributed by atoms with van der Waals surface area (Å²) in [6.07, 6.45) is 3.80. The van der Waals surface area contributed by atoms with Crippen LogP contribution in [-0.4, -0.2) is 121 Å². The van der Waals surface area contributed by atoms with Crippen molar-refractivity contribution < 1.29 is 46.5 Å². The van der Waals surface area contributed by atoms with Crippen LogP contribution in [0, 0.1) is 0 Å². The molecule has 0 radical (unpaired) electrons. The van der Waals surface area contributed by atoms with Crippen LogP contribution in [0.1, 0.15) is 48.5 Å². The number of rotatable bonds is 20. The van der Waals surface area contributed by atoms with Crippen molar-refractivity contribution in [2.45, 2.75) is 50.1 Å². The van der Waals surface area contributed by atoms with Gasteiger partial charge in [-0.1, -0.05) is 37.6 Å². The molecular weight excluding hydrogens is 849 g/mol. The van der Waals surface area contributed by atoms with Crippen LogP contribution in [0.4, 0.5) is 5.69 Å². The van der Waals surface area contributed by atoms with Crippen molar-refractivity contribution in [3.8, 4) is 34.1 Å². The Morgan fingerprint density at radius 1 is 0.723 bits per heavy atom. The highest BCUT2D eigenvalue weighted by molar-refractivity contribution is 7.90. The summed E-state index contributed by atoms with van der Waals surface area (Å²) in [5, 5.41) is 4.23. The van der Waals surface area contributed by atoms with Gasteiger partial charge in [0.1, 0.15) is 35.6 Å². The van der Waals surface area contributed by atoms with Gasteiger partial charge in [0.25, 0.3) is 5.91 Å². The number of imide groups is 1. The summed E-state index contributed by atoms with van der Waals surface area (Å²) in [7, 11) is -3.34. The van der Waals surface area contributed by atoms with Gasteiger partial charge in [-0.3, -0.25) is 24.6 Å². The third-order valence-electron chi connectivity index (χ3n) is 12.0. The summed E-state index contributed by atoms with van der Waals surface area (Å²) in [5.74, 6) is 1.89. The number of piperidine rings is 1. The zero-order valence-corrected chi connectivity index (χ0v) is 37.8. The predicted molar refractivity (Wildman–Crippen MR) is 248 cm³/mol. The molecule has 8 rings (SSSR count). The quantitative estimate of drug-likeness (QED) is 0.0641. The van der Waals surface area contributed by atoms with Crippen molar-refractivity contribution in [1.82, 2.24) is 15.1 Å². The lowest BCUT2D eigenvalue weighted by Crippen LogP contribution is -2.52. The molecule has 3 heterocycles. The zero-order chi connectivity index (χ0) is 45.3. The number of benzene rings is 5. The Kier molecular flexibility index (Phi) is 14.6. The Balaban J connectivity index is 0.754. The molecule has 0 saturated carbocycles. The zero-order valence-electron chi connectivity index (χ0n) is 37.0. The summed E-state index contributed by atoms with van der Waals surface area (Å²) >= 11 is 0. The molecular formula is C50H56N4O10S. The highest BCUT2D eigenvalue weighted by Crippen LogP contribution is 2.41. The van der Waals surface area contributed by atoms with Gasteiger partial charge in [0.05, 0.1) is 37.9 Å². The number of unbranched alkanes of at least 4 members (excludes halogenated alkanes) is 1. The molecule has 342 valence electrons. The second-order valence-electron chi connectivity index (χ2n) is 16.5. The Bertz CT molecular complexity index is 2600. The lowest BCUT2D eigenvalue weighted by Gasteiger charge is -2.37. The van der Waals surface area contributed by atoms with Crippen LogP contribution in [0.3, 0.4) is 0 Å². The number of carbonyl (C=O) groups excluding carboxylic acids is 3. The van der Waals surface area contributed by atoms with E-state index in [1.807, 2.05) is 72.8 Å². The fraction of sp³-hybridized carbons (Fsp3) is 0.380. The van der Waals surface area contributed by atoms with E-state index in [0.717, 1.165) is 84.5 Å². The third kappa shape index (κ3) is 11.1. The summed E-state index contributed by atoms with van der Waals surface area (Å²) in [4.78, 5) is 44.0. The predicted octanol–water partition coefficient (Wildman–Crippen LogP) is 6.88. The number of nitrogens with one attached hydrogen (secondary N) is 1. The van der Waals surface area contributed by atoms with Crippen LogP contribution in [-0.2, 0) is 35.4 Å². The highest BCUT2D eigenvalue weighted by Gasteiger charge is 2.40. The van der Waals surface area contributed by atoms with Gasteiger partial charge < -0.3 is 33.5 Å². The molecule has 1 unspecified atom stereocenters. The molecule has 2 saturated heterocycles. The van der Waals surface area contributed by atoms with Crippen LogP contribution in [0.25, 0.3) is 21.9 Å². The molecule has 1 atom stereocenters. The molecule has 5 aromatic rings. The maximum Gasteiger partial charge on any atom is 0.255 e. The van der Waals surface area contributed by atoms with E-state index in [1.54, 1.807) is 29.2 Å². The van der Waals surface area contributed by atoms with E-state index in [0.29, 0.717) is 75.4 Å². The minimum absolute atomic E-state index is 0.155. The first kappa shape index (κ1) is 45.6. The van der Waals surface area contributed by atoms with E-state index in [9.17, 15) is 22.8 Å². The summed E-state index contributed by atoms with van der Waals surface area (Å²) < 4.78 is 54.4. The van der Waals surface area contributed by atoms with Crippen LogP contribution in [0.5, 0.6) is 23.0 Å². The molecule has 15 heteroatoms. The van der Waals surface area contributed by atoms with Gasteiger partial charge in [-0.15, -0.1) is 0 Å². The van der Waals surface area contributed by atoms with Crippen LogP contribution in [0.15, 0.2) is 102 Å². The van der Waals surface area contributed by atoms with Crippen molar-refractivity contribution in [1.29, 1.82) is 0 Å². The van der Waals surface area contributed by atoms with E-state index in [2.05, 4.69) is 22.0 Å². The van der Waals surface area contributed by atoms with Gasteiger partial charge >= 0.3 is 0 Å². The summed E-state index contributed by atoms with van der Waals surface area (Å²) in [6.45, 7) is 9.61. The standard InChI is InChI=1S/C50H56N4O10S/c1-3-4-27-62-39-15-19-42-36(33-39)10-18-41(35-8-16-40(17-9-35)65(2,58)59)48(42)64-38-13-11-37(12-14-38)63-32-31-61-30-29-60-28-26-52-22-24-53(25-23-52)45-7-5-6-43-44(45)34-54(50(43)57)46-20-21-47(55)51-49(46)56/h5-19,33,46H,3-4,20-32,34H2,1-2H3,(H,51,55,56). The third-order valence-corrected chi connectivity index (χ3v) is 13.2. The normalized spacial score (nSPS) is 16.8. The average Bonchev–Trinajstić information content (AvgIpc) is 3.64. The molecule has 3 aliphatic rings. The Morgan fingerprint density at radius 3 is 2.17 bits per heavy atom. The van der Waals surface area contributed by atoms with Gasteiger partial charge in [-0.25, -0.2) is 8.42 Å². The molecule has 0 spiro atoms. The fourth-order valence-electron chi connectivity index (χ4n) is 8.46. The van der Waals surface area contributed by atoms with Crippen molar-refractivity contribution in [2.24, 2.45) is 0 Å². The van der Waals surface area contributed by atoms with E-state index >= 15 is 0 Å². The molecule has 1 N–H and O–H groups in total. The summed E-state index contributed by atoms with van der Waals surface area (Å²) in [6, 6.07) is 29.4. The number of sulfone groups is 1. The van der Waals surface area contributed by atoms with Gasteiger partial charge in [0.15, 0.2) is 9.84 Å². The Hall–Kier alpha value is -6.00. The molecule has 3 aliphatic heterocycles. The second kappa shape index (κ2) is 20.9. The molecule has 65 heavy (non-hydrogen) atoms. The molecule has 0 aliphatic carbocycles. The van der Waals surface area contributed by atoms with Gasteiger partial charge in [0.2, 0.25) is 11.8 Å². The number of hydrogen-bond donors (Lipinski definition) is 1. The number of nitrogens with zero attached hydrogens (tertiary/aromatic N) is 3. The first-order chi connectivity index (χ1) is 31.6. The van der Waals surface area contributed by atoms with Crippen LogP contribution < -0.4 is 24.4 Å². The molecule has 3 amide bonds. The maximum absolute atomic E-state index is 13.3. The number of anilines is 1. The minimum atomic E-state index is -3.34. The number of carbonyl (C=O) groups is 3. The minimum Gasteiger partial charge on any atom is -0.494 e. The largest absolute Gasteiger partial charge is 0.494 e. The van der Waals surface area contributed by atoms with Gasteiger partial charge in [-0.2, -0.15) is 0 Å². The lowest BCUT2D eigenvalue weighted by atomic mass is 9.99. The molecule has 5 aromatic carbocycles. The highest BCUT2D eigenvalue weighted by atomic mass is 32.2. The summed E-state index contributed by atoms with van der Waals surface area (Å²) in [5.41, 5.74) is 4.26. The lowest BCUT2D eigenvalue weighted by molar-refractivity contribution is -0.136. The smallest absolute Gasteiger partial charge is 0.255 e. The number of fused-ring (bicyclic) bond motifs is 2. The van der Waals surface area contributed by atoms with E-state index in [1.165, 1.54) is 6.26 Å². The SMILES string of the molecule is CCCCOc1ccc2c(Oc3ccc(OCCOCCOCCN4CCN(c5cccc6c5CN(C5CCC(=O)NC5=O)C6=O)CC4)cc3)c(-c3ccc(S(C)(=O)=O)cc3)ccc2c1. The molecule has 14 nitrogen and oxygen atoms in total. The van der Waals surface area contributed by atoms with E-state index in [-0.39, 0.29) is 23.1 Å². The fourth-order valence-corrected chi connectivity index (χ4v) is 9.09. The van der Waals surface area contributed by atoms with Crippen molar-refractivity contribution in [3.05, 3.63) is 108 Å². The van der Waals surface area contributed by atoms with E-state index in [4.69, 9.17) is 23.7 Å². The topological polar surface area (TPSA) is 153 Å². The van der Waals surface area contributed by atoms with Crippen LogP contribution in [0.2, 0.25) is 0 Å². The van der Waals surface area contributed by atoms with E-state index < -0.39 is 21.8 Å². The molecule has 2 fully saturated rings. The number of ether oxygens (including phenoxy) is 5. The Morgan fingerprint density at radius 2 is 1.43 bits per heavy atom. The van der Waals surface area contributed by atoms with Gasteiger partial charge in [-0.05, 0) is 96.6 Å². The van der Waals surface area contributed by atoms with Crippen molar-refractivity contribution >= 4 is 44.0 Å². The number of amides is 3. The number of piperazine rings is 1.